The molecule has 1 rings (SSSR count). The maximum absolute atomic E-state index is 13.3. The van der Waals surface area contributed by atoms with Crippen molar-refractivity contribution in [2.45, 2.75) is 19.5 Å². The first-order valence-corrected chi connectivity index (χ1v) is 4.57. The van der Waals surface area contributed by atoms with Gasteiger partial charge in [0.15, 0.2) is 11.6 Å². The topological polar surface area (TPSA) is 26.3 Å². The first kappa shape index (κ1) is 11.6. The van der Waals surface area contributed by atoms with Gasteiger partial charge in [-0.1, -0.05) is 0 Å². The lowest BCUT2D eigenvalue weighted by atomic mass is 10.1. The number of hydrogen-bond donors (Lipinski definition) is 0. The molecule has 0 amide bonds. The summed E-state index contributed by atoms with van der Waals surface area (Å²) in [5.41, 5.74) is 0.784. The maximum atomic E-state index is 13.3. The van der Waals surface area contributed by atoms with E-state index >= 15 is 0 Å². The molecular weight excluding hydrogens is 202 g/mol. The van der Waals surface area contributed by atoms with E-state index in [0.29, 0.717) is 12.0 Å². The molecule has 0 aromatic heterocycles. The summed E-state index contributed by atoms with van der Waals surface area (Å²) >= 11 is 0. The molecule has 0 radical (unpaired) electrons. The van der Waals surface area contributed by atoms with Gasteiger partial charge in [-0.2, -0.15) is 0 Å². The summed E-state index contributed by atoms with van der Waals surface area (Å²) in [7, 11) is 1.35. The van der Waals surface area contributed by atoms with Crippen molar-refractivity contribution in [1.82, 2.24) is 0 Å². The molecule has 0 N–H and O–H groups in total. The van der Waals surface area contributed by atoms with Gasteiger partial charge in [-0.15, -0.1) is 0 Å². The second-order valence-corrected chi connectivity index (χ2v) is 3.11. The van der Waals surface area contributed by atoms with Crippen LogP contribution in [0.3, 0.4) is 0 Å². The molecular formula is C11H12F2O2. The third-order valence-electron chi connectivity index (χ3n) is 2.07. The van der Waals surface area contributed by atoms with Crippen LogP contribution in [-0.4, -0.2) is 13.4 Å². The van der Waals surface area contributed by atoms with Crippen molar-refractivity contribution in [2.24, 2.45) is 0 Å². The molecule has 0 saturated heterocycles. The van der Waals surface area contributed by atoms with Crippen LogP contribution >= 0.6 is 0 Å². The third kappa shape index (κ3) is 2.75. The van der Waals surface area contributed by atoms with Gasteiger partial charge in [0.2, 0.25) is 0 Å². The predicted molar refractivity (Wildman–Crippen MR) is 52.1 cm³/mol. The Morgan fingerprint density at radius 1 is 1.47 bits per heavy atom. The fraction of sp³-hybridized carbons (Fsp3) is 0.364. The molecule has 2 nitrogen and oxygen atoms in total. The Morgan fingerprint density at radius 3 is 2.73 bits per heavy atom. The number of rotatable bonds is 5. The van der Waals surface area contributed by atoms with Gasteiger partial charge in [0.1, 0.15) is 13.0 Å². The molecule has 15 heavy (non-hydrogen) atoms. The van der Waals surface area contributed by atoms with Crippen LogP contribution in [0.5, 0.6) is 5.75 Å². The minimum Gasteiger partial charge on any atom is -0.493 e. The highest BCUT2D eigenvalue weighted by molar-refractivity contribution is 5.51. The van der Waals surface area contributed by atoms with Gasteiger partial charge in [0.25, 0.3) is 0 Å². The molecule has 1 aromatic carbocycles. The summed E-state index contributed by atoms with van der Waals surface area (Å²) in [6.07, 6.45) is 1.36. The highest BCUT2D eigenvalue weighted by atomic mass is 19.1. The lowest BCUT2D eigenvalue weighted by Gasteiger charge is -2.09. The van der Waals surface area contributed by atoms with E-state index in [1.165, 1.54) is 13.2 Å². The van der Waals surface area contributed by atoms with Gasteiger partial charge in [-0.3, -0.25) is 0 Å². The molecule has 0 heterocycles. The zero-order valence-electron chi connectivity index (χ0n) is 8.43. The molecule has 0 aliphatic heterocycles. The summed E-state index contributed by atoms with van der Waals surface area (Å²) in [6, 6.07) is 2.62. The number of alkyl halides is 1. The second-order valence-electron chi connectivity index (χ2n) is 3.11. The lowest BCUT2D eigenvalue weighted by Crippen LogP contribution is -1.98. The van der Waals surface area contributed by atoms with Crippen molar-refractivity contribution in [3.8, 4) is 5.75 Å². The zero-order chi connectivity index (χ0) is 11.3. The summed E-state index contributed by atoms with van der Waals surface area (Å²) in [5, 5.41) is 0. The number of methoxy groups -OCH3 is 1. The molecule has 0 bridgehead atoms. The molecule has 0 unspecified atom stereocenters. The molecule has 4 heteroatoms. The van der Waals surface area contributed by atoms with Crippen LogP contribution in [0.1, 0.15) is 17.5 Å². The Kier molecular flexibility index (Phi) is 4.21. The van der Waals surface area contributed by atoms with Gasteiger partial charge in [0, 0.05) is 6.42 Å². The van der Waals surface area contributed by atoms with Crippen LogP contribution in [0, 0.1) is 5.82 Å². The molecule has 0 saturated carbocycles. The number of halogens is 2. The SMILES string of the molecule is COc1c(F)cc(CF)cc1CCC=O. The minimum absolute atomic E-state index is 0.0917. The van der Waals surface area contributed by atoms with Gasteiger partial charge >= 0.3 is 0 Å². The number of aryl methyl sites for hydroxylation is 1. The van der Waals surface area contributed by atoms with E-state index in [1.807, 2.05) is 0 Å². The Labute approximate surface area is 86.9 Å². The van der Waals surface area contributed by atoms with Crippen molar-refractivity contribution < 1.29 is 18.3 Å². The highest BCUT2D eigenvalue weighted by Gasteiger charge is 2.11. The smallest absolute Gasteiger partial charge is 0.165 e. The fourth-order valence-corrected chi connectivity index (χ4v) is 1.42. The van der Waals surface area contributed by atoms with Crippen molar-refractivity contribution in [1.29, 1.82) is 0 Å². The number of aldehydes is 1. The largest absolute Gasteiger partial charge is 0.493 e. The quantitative estimate of drug-likeness (QED) is 0.703. The maximum Gasteiger partial charge on any atom is 0.165 e. The van der Waals surface area contributed by atoms with Crippen LogP contribution in [0.25, 0.3) is 0 Å². The number of carbonyl (C=O) groups excluding carboxylic acids is 1. The van der Waals surface area contributed by atoms with Crippen molar-refractivity contribution in [3.63, 3.8) is 0 Å². The van der Waals surface area contributed by atoms with Gasteiger partial charge in [0.05, 0.1) is 7.11 Å². The van der Waals surface area contributed by atoms with Crippen LogP contribution in [-0.2, 0) is 17.9 Å². The van der Waals surface area contributed by atoms with Crippen LogP contribution in [0.15, 0.2) is 12.1 Å². The number of hydrogen-bond acceptors (Lipinski definition) is 2. The Bertz CT molecular complexity index is 351. The first-order chi connectivity index (χ1) is 7.22. The van der Waals surface area contributed by atoms with E-state index in [1.54, 1.807) is 0 Å². The normalized spacial score (nSPS) is 10.1. The van der Waals surface area contributed by atoms with Gasteiger partial charge in [-0.25, -0.2) is 8.78 Å². The summed E-state index contributed by atoms with van der Waals surface area (Å²) in [6.45, 7) is -0.727. The van der Waals surface area contributed by atoms with Crippen LogP contribution in [0.2, 0.25) is 0 Å². The van der Waals surface area contributed by atoms with E-state index < -0.39 is 12.5 Å². The molecule has 1 aromatic rings. The van der Waals surface area contributed by atoms with Gasteiger partial charge in [-0.05, 0) is 29.7 Å². The third-order valence-corrected chi connectivity index (χ3v) is 2.07. The van der Waals surface area contributed by atoms with Crippen LogP contribution < -0.4 is 4.74 Å². The molecule has 0 fully saturated rings. The van der Waals surface area contributed by atoms with Crippen molar-refractivity contribution >= 4 is 6.29 Å². The monoisotopic (exact) mass is 214 g/mol. The van der Waals surface area contributed by atoms with E-state index in [-0.39, 0.29) is 17.7 Å². The highest BCUT2D eigenvalue weighted by Crippen LogP contribution is 2.25. The van der Waals surface area contributed by atoms with Crippen molar-refractivity contribution in [2.75, 3.05) is 7.11 Å². The number of benzene rings is 1. The molecule has 0 aliphatic carbocycles. The van der Waals surface area contributed by atoms with E-state index in [2.05, 4.69) is 0 Å². The van der Waals surface area contributed by atoms with E-state index in [4.69, 9.17) is 4.74 Å². The lowest BCUT2D eigenvalue weighted by molar-refractivity contribution is -0.107. The van der Waals surface area contributed by atoms with E-state index in [9.17, 15) is 13.6 Å². The summed E-state index contributed by atoms with van der Waals surface area (Å²) in [5.74, 6) is -0.498. The van der Waals surface area contributed by atoms with E-state index in [0.717, 1.165) is 12.4 Å². The first-order valence-electron chi connectivity index (χ1n) is 4.57. The Balaban J connectivity index is 3.07. The van der Waals surface area contributed by atoms with Gasteiger partial charge < -0.3 is 9.53 Å². The second kappa shape index (κ2) is 5.44. The molecule has 0 spiro atoms. The average Bonchev–Trinajstić information content (AvgIpc) is 2.25. The number of ether oxygens (including phenoxy) is 1. The van der Waals surface area contributed by atoms with Crippen LogP contribution in [0.4, 0.5) is 8.78 Å². The molecule has 0 aliphatic rings. The Hall–Kier alpha value is -1.45. The standard InChI is InChI=1S/C11H12F2O2/c1-15-11-9(3-2-4-14)5-8(7-12)6-10(11)13/h4-6H,2-3,7H2,1H3. The van der Waals surface area contributed by atoms with Crippen molar-refractivity contribution in [3.05, 3.63) is 29.1 Å². The molecule has 0 atom stereocenters. The summed E-state index contributed by atoms with van der Waals surface area (Å²) in [4.78, 5) is 10.2. The number of carbonyl (C=O) groups is 1. The average molecular weight is 214 g/mol. The molecule has 82 valence electrons. The minimum atomic E-state index is -0.727. The predicted octanol–water partition coefficient (Wildman–Crippen LogP) is 2.44. The summed E-state index contributed by atoms with van der Waals surface area (Å²) < 4.78 is 30.6. The Morgan fingerprint density at radius 2 is 2.20 bits per heavy atom. The zero-order valence-corrected chi connectivity index (χ0v) is 8.43. The fourth-order valence-electron chi connectivity index (χ4n) is 1.42.